The number of amides is 1. The number of piperazine rings is 1. The number of hydrogen-bond acceptors (Lipinski definition) is 4. The van der Waals surface area contributed by atoms with E-state index in [1.165, 1.54) is 0 Å². The number of likely N-dealkylation sites (N-methyl/N-ethyl adjacent to an activating group) is 1. The standard InChI is InChI=1S/C13H21N3O2/c1-13(2)9-15(3)12(17)11(7-14)16(13)8-10-5-4-6-18-10/h4-6,11H,7-9,14H2,1-3H3. The van der Waals surface area contributed by atoms with Crippen LogP contribution in [0.25, 0.3) is 0 Å². The molecule has 0 bridgehead atoms. The van der Waals surface area contributed by atoms with Crippen LogP contribution in [0.1, 0.15) is 19.6 Å². The predicted molar refractivity (Wildman–Crippen MR) is 68.8 cm³/mol. The van der Waals surface area contributed by atoms with E-state index in [4.69, 9.17) is 10.2 Å². The topological polar surface area (TPSA) is 62.7 Å². The lowest BCUT2D eigenvalue weighted by Crippen LogP contribution is -2.67. The normalized spacial score (nSPS) is 24.6. The van der Waals surface area contributed by atoms with E-state index in [2.05, 4.69) is 18.7 Å². The van der Waals surface area contributed by atoms with Crippen LogP contribution in [0.5, 0.6) is 0 Å². The van der Waals surface area contributed by atoms with Gasteiger partial charge in [-0.3, -0.25) is 9.69 Å². The summed E-state index contributed by atoms with van der Waals surface area (Å²) < 4.78 is 5.38. The highest BCUT2D eigenvalue weighted by Crippen LogP contribution is 2.27. The molecular weight excluding hydrogens is 230 g/mol. The molecule has 1 fully saturated rings. The van der Waals surface area contributed by atoms with Gasteiger partial charge < -0.3 is 15.1 Å². The molecule has 1 aromatic rings. The Morgan fingerprint density at radius 3 is 2.83 bits per heavy atom. The number of rotatable bonds is 3. The third kappa shape index (κ3) is 2.28. The molecule has 5 nitrogen and oxygen atoms in total. The lowest BCUT2D eigenvalue weighted by atomic mass is 9.94. The summed E-state index contributed by atoms with van der Waals surface area (Å²) in [4.78, 5) is 16.0. The minimum Gasteiger partial charge on any atom is -0.468 e. The first-order valence-corrected chi connectivity index (χ1v) is 6.20. The summed E-state index contributed by atoms with van der Waals surface area (Å²) in [6.07, 6.45) is 1.65. The van der Waals surface area contributed by atoms with Crippen LogP contribution in [-0.2, 0) is 11.3 Å². The van der Waals surface area contributed by atoms with Gasteiger partial charge in [0.05, 0.1) is 12.8 Å². The van der Waals surface area contributed by atoms with Crippen molar-refractivity contribution in [3.05, 3.63) is 24.2 Å². The molecular formula is C13H21N3O2. The molecule has 5 heteroatoms. The third-order valence-electron chi connectivity index (χ3n) is 3.57. The lowest BCUT2D eigenvalue weighted by Gasteiger charge is -2.49. The van der Waals surface area contributed by atoms with E-state index < -0.39 is 0 Å². The Morgan fingerprint density at radius 2 is 2.28 bits per heavy atom. The summed E-state index contributed by atoms with van der Waals surface area (Å²) in [5.41, 5.74) is 5.66. The van der Waals surface area contributed by atoms with E-state index in [1.807, 2.05) is 19.2 Å². The molecule has 0 radical (unpaired) electrons. The van der Waals surface area contributed by atoms with E-state index >= 15 is 0 Å². The minimum atomic E-state index is -0.274. The fourth-order valence-electron chi connectivity index (χ4n) is 2.68. The lowest BCUT2D eigenvalue weighted by molar-refractivity contribution is -0.148. The van der Waals surface area contributed by atoms with Crippen molar-refractivity contribution in [2.45, 2.75) is 32.0 Å². The second-order valence-electron chi connectivity index (χ2n) is 5.47. The molecule has 1 aromatic heterocycles. The smallest absolute Gasteiger partial charge is 0.241 e. The van der Waals surface area contributed by atoms with E-state index in [9.17, 15) is 4.79 Å². The van der Waals surface area contributed by atoms with Crippen LogP contribution in [0.15, 0.2) is 22.8 Å². The number of hydrogen-bond donors (Lipinski definition) is 1. The molecule has 0 saturated carbocycles. The molecule has 2 heterocycles. The van der Waals surface area contributed by atoms with Crippen molar-refractivity contribution in [1.82, 2.24) is 9.80 Å². The molecule has 1 amide bonds. The number of furan rings is 1. The molecule has 1 atom stereocenters. The largest absolute Gasteiger partial charge is 0.468 e. The average Bonchev–Trinajstić information content (AvgIpc) is 2.79. The van der Waals surface area contributed by atoms with Gasteiger partial charge in [-0.25, -0.2) is 0 Å². The average molecular weight is 251 g/mol. The van der Waals surface area contributed by atoms with Crippen molar-refractivity contribution >= 4 is 5.91 Å². The molecule has 1 saturated heterocycles. The molecule has 2 rings (SSSR count). The Bertz CT molecular complexity index is 414. The Kier molecular flexibility index (Phi) is 3.45. The first-order valence-electron chi connectivity index (χ1n) is 6.20. The summed E-state index contributed by atoms with van der Waals surface area (Å²) in [6.45, 7) is 5.89. The highest BCUT2D eigenvalue weighted by Gasteiger charge is 2.43. The van der Waals surface area contributed by atoms with Crippen molar-refractivity contribution in [2.75, 3.05) is 20.1 Å². The zero-order valence-corrected chi connectivity index (χ0v) is 11.2. The summed E-state index contributed by atoms with van der Waals surface area (Å²) in [6, 6.07) is 3.51. The molecule has 2 N–H and O–H groups in total. The van der Waals surface area contributed by atoms with E-state index in [0.717, 1.165) is 5.76 Å². The van der Waals surface area contributed by atoms with Crippen LogP contribution in [0.3, 0.4) is 0 Å². The van der Waals surface area contributed by atoms with Gasteiger partial charge in [-0.2, -0.15) is 0 Å². The second kappa shape index (κ2) is 4.74. The number of nitrogens with zero attached hydrogens (tertiary/aromatic N) is 2. The van der Waals surface area contributed by atoms with Gasteiger partial charge in [-0.05, 0) is 26.0 Å². The van der Waals surface area contributed by atoms with Crippen LogP contribution >= 0.6 is 0 Å². The van der Waals surface area contributed by atoms with Gasteiger partial charge in [0, 0.05) is 25.7 Å². The van der Waals surface area contributed by atoms with Gasteiger partial charge in [-0.1, -0.05) is 0 Å². The quantitative estimate of drug-likeness (QED) is 0.857. The van der Waals surface area contributed by atoms with Crippen LogP contribution in [0.2, 0.25) is 0 Å². The highest BCUT2D eigenvalue weighted by molar-refractivity contribution is 5.83. The Morgan fingerprint density at radius 1 is 1.56 bits per heavy atom. The summed E-state index contributed by atoms with van der Waals surface area (Å²) in [5.74, 6) is 0.947. The van der Waals surface area contributed by atoms with Crippen LogP contribution < -0.4 is 5.73 Å². The molecule has 100 valence electrons. The number of carbonyl (C=O) groups is 1. The Hall–Kier alpha value is -1.33. The van der Waals surface area contributed by atoms with Crippen molar-refractivity contribution in [2.24, 2.45) is 5.73 Å². The molecule has 0 aromatic carbocycles. The summed E-state index contributed by atoms with van der Waals surface area (Å²) in [7, 11) is 1.83. The first-order chi connectivity index (χ1) is 8.45. The summed E-state index contributed by atoms with van der Waals surface area (Å²) in [5, 5.41) is 0. The van der Waals surface area contributed by atoms with Crippen molar-refractivity contribution in [3.8, 4) is 0 Å². The highest BCUT2D eigenvalue weighted by atomic mass is 16.3. The summed E-state index contributed by atoms with van der Waals surface area (Å²) >= 11 is 0. The van der Waals surface area contributed by atoms with Gasteiger partial charge in [0.25, 0.3) is 0 Å². The zero-order chi connectivity index (χ0) is 13.3. The SMILES string of the molecule is CN1CC(C)(C)N(Cc2ccco2)C(CN)C1=O. The Labute approximate surface area is 108 Å². The van der Waals surface area contributed by atoms with Crippen molar-refractivity contribution < 1.29 is 9.21 Å². The second-order valence-corrected chi connectivity index (χ2v) is 5.47. The maximum atomic E-state index is 12.2. The maximum Gasteiger partial charge on any atom is 0.241 e. The molecule has 1 aliphatic heterocycles. The molecule has 0 spiro atoms. The first kappa shape index (κ1) is 13.1. The van der Waals surface area contributed by atoms with E-state index in [-0.39, 0.29) is 17.5 Å². The predicted octanol–water partition coefficient (Wildman–Crippen LogP) is 0.660. The molecule has 1 aliphatic rings. The monoisotopic (exact) mass is 251 g/mol. The maximum absolute atomic E-state index is 12.2. The van der Waals surface area contributed by atoms with Gasteiger partial charge in [-0.15, -0.1) is 0 Å². The van der Waals surface area contributed by atoms with E-state index in [1.54, 1.807) is 11.2 Å². The van der Waals surface area contributed by atoms with Gasteiger partial charge in [0.15, 0.2) is 0 Å². The van der Waals surface area contributed by atoms with E-state index in [0.29, 0.717) is 19.6 Å². The van der Waals surface area contributed by atoms with Crippen molar-refractivity contribution in [3.63, 3.8) is 0 Å². The molecule has 18 heavy (non-hydrogen) atoms. The molecule has 1 unspecified atom stereocenters. The molecule has 0 aliphatic carbocycles. The zero-order valence-electron chi connectivity index (χ0n) is 11.2. The van der Waals surface area contributed by atoms with Crippen LogP contribution in [0, 0.1) is 0 Å². The Balaban J connectivity index is 2.25. The fraction of sp³-hybridized carbons (Fsp3) is 0.615. The number of nitrogens with two attached hydrogens (primary N) is 1. The van der Waals surface area contributed by atoms with Crippen molar-refractivity contribution in [1.29, 1.82) is 0 Å². The number of carbonyl (C=O) groups excluding carboxylic acids is 1. The van der Waals surface area contributed by atoms with Crippen LogP contribution in [0.4, 0.5) is 0 Å². The van der Waals surface area contributed by atoms with Crippen LogP contribution in [-0.4, -0.2) is 47.4 Å². The van der Waals surface area contributed by atoms with Gasteiger partial charge in [0.1, 0.15) is 11.8 Å². The third-order valence-corrected chi connectivity index (χ3v) is 3.57. The minimum absolute atomic E-state index is 0.0865. The fourth-order valence-corrected chi connectivity index (χ4v) is 2.68. The van der Waals surface area contributed by atoms with Gasteiger partial charge in [0.2, 0.25) is 5.91 Å². The van der Waals surface area contributed by atoms with Gasteiger partial charge >= 0.3 is 0 Å².